The van der Waals surface area contributed by atoms with Gasteiger partial charge in [-0.15, -0.1) is 11.3 Å². The molecule has 0 fully saturated rings. The molecule has 0 spiro atoms. The number of allylic oxidation sites excluding steroid dienone is 1. The summed E-state index contributed by atoms with van der Waals surface area (Å²) in [5.74, 6) is 0. The molecule has 2 heterocycles. The van der Waals surface area contributed by atoms with Crippen LogP contribution in [-0.2, 0) is 0 Å². The smallest absolute Gasteiger partial charge is 0.134 e. The Hall–Kier alpha value is -1.99. The third-order valence-corrected chi connectivity index (χ3v) is 2.94. The van der Waals surface area contributed by atoms with Gasteiger partial charge in [-0.1, -0.05) is 6.07 Å². The molecule has 0 unspecified atom stereocenters. The van der Waals surface area contributed by atoms with Gasteiger partial charge in [-0.25, -0.2) is 4.98 Å². The molecule has 0 atom stereocenters. The molecular weight excluding hydrogens is 218 g/mol. The molecule has 0 N–H and O–H groups in total. The van der Waals surface area contributed by atoms with Gasteiger partial charge >= 0.3 is 0 Å². The highest BCUT2D eigenvalue weighted by Gasteiger charge is 2.05. The number of rotatable bonds is 2. The summed E-state index contributed by atoms with van der Waals surface area (Å²) in [5.41, 5.74) is 2.26. The molecule has 4 heteroatoms. The minimum atomic E-state index is 0.553. The van der Waals surface area contributed by atoms with Crippen molar-refractivity contribution in [3.05, 3.63) is 46.2 Å². The number of aromatic nitrogens is 2. The average Bonchev–Trinajstić information content (AvgIpc) is 2.74. The number of nitriles is 1. The molecule has 0 saturated heterocycles. The third-order valence-electron chi connectivity index (χ3n) is 1.95. The zero-order valence-electron chi connectivity index (χ0n) is 8.71. The van der Waals surface area contributed by atoms with Crippen LogP contribution in [0.2, 0.25) is 0 Å². The van der Waals surface area contributed by atoms with Crippen molar-refractivity contribution < 1.29 is 0 Å². The molecule has 0 aliphatic carbocycles. The van der Waals surface area contributed by atoms with E-state index in [4.69, 9.17) is 5.26 Å². The number of pyridine rings is 1. The van der Waals surface area contributed by atoms with Crippen LogP contribution in [0.25, 0.3) is 11.6 Å². The maximum absolute atomic E-state index is 9.07. The lowest BCUT2D eigenvalue weighted by Gasteiger charge is -1.93. The molecule has 2 aromatic rings. The Balaban J connectivity index is 2.38. The Morgan fingerprint density at radius 1 is 1.50 bits per heavy atom. The molecule has 16 heavy (non-hydrogen) atoms. The minimum absolute atomic E-state index is 0.553. The molecular formula is C12H9N3S. The number of nitrogens with zero attached hydrogens (tertiary/aromatic N) is 3. The van der Waals surface area contributed by atoms with Crippen LogP contribution < -0.4 is 0 Å². The van der Waals surface area contributed by atoms with Gasteiger partial charge in [0.1, 0.15) is 11.1 Å². The maximum Gasteiger partial charge on any atom is 0.134 e. The summed E-state index contributed by atoms with van der Waals surface area (Å²) in [6.45, 7) is 1.91. The minimum Gasteiger partial charge on any atom is -0.257 e. The third kappa shape index (κ3) is 2.33. The first-order valence-corrected chi connectivity index (χ1v) is 5.63. The van der Waals surface area contributed by atoms with E-state index in [1.54, 1.807) is 12.3 Å². The summed E-state index contributed by atoms with van der Waals surface area (Å²) >= 11 is 1.47. The van der Waals surface area contributed by atoms with E-state index in [2.05, 4.69) is 16.0 Å². The monoisotopic (exact) mass is 227 g/mol. The van der Waals surface area contributed by atoms with Crippen LogP contribution in [0, 0.1) is 18.3 Å². The Morgan fingerprint density at radius 3 is 2.94 bits per heavy atom. The first-order chi connectivity index (χ1) is 7.79. The molecule has 0 aromatic carbocycles. The van der Waals surface area contributed by atoms with Crippen molar-refractivity contribution in [2.24, 2.45) is 0 Å². The second-order valence-electron chi connectivity index (χ2n) is 3.22. The Kier molecular flexibility index (Phi) is 3.08. The van der Waals surface area contributed by atoms with Gasteiger partial charge < -0.3 is 0 Å². The van der Waals surface area contributed by atoms with E-state index in [9.17, 15) is 0 Å². The predicted octanol–water partition coefficient (Wildman–Crippen LogP) is 2.91. The van der Waals surface area contributed by atoms with Gasteiger partial charge in [0.2, 0.25) is 0 Å². The molecule has 3 nitrogen and oxygen atoms in total. The molecule has 0 aliphatic rings. The Bertz CT molecular complexity index is 549. The average molecular weight is 227 g/mol. The van der Waals surface area contributed by atoms with Gasteiger partial charge in [-0.05, 0) is 25.1 Å². The van der Waals surface area contributed by atoms with Gasteiger partial charge in [0.15, 0.2) is 0 Å². The van der Waals surface area contributed by atoms with Crippen LogP contribution in [0.1, 0.15) is 16.4 Å². The molecule has 0 amide bonds. The van der Waals surface area contributed by atoms with Crippen LogP contribution in [0.5, 0.6) is 0 Å². The van der Waals surface area contributed by atoms with E-state index >= 15 is 0 Å². The zero-order valence-corrected chi connectivity index (χ0v) is 9.53. The Labute approximate surface area is 97.7 Å². The number of thiazole rings is 1. The zero-order chi connectivity index (χ0) is 11.4. The summed E-state index contributed by atoms with van der Waals surface area (Å²) in [6.07, 6.45) is 3.45. The fourth-order valence-electron chi connectivity index (χ4n) is 1.23. The summed E-state index contributed by atoms with van der Waals surface area (Å²) < 4.78 is 0. The van der Waals surface area contributed by atoms with E-state index in [1.165, 1.54) is 11.3 Å². The van der Waals surface area contributed by atoms with Gasteiger partial charge in [0, 0.05) is 17.3 Å². The van der Waals surface area contributed by atoms with Gasteiger partial charge in [-0.3, -0.25) is 4.98 Å². The highest BCUT2D eigenvalue weighted by molar-refractivity contribution is 7.11. The van der Waals surface area contributed by atoms with Gasteiger partial charge in [-0.2, -0.15) is 5.26 Å². The van der Waals surface area contributed by atoms with Crippen LogP contribution in [0.15, 0.2) is 29.8 Å². The quantitative estimate of drug-likeness (QED) is 0.741. The first-order valence-electron chi connectivity index (χ1n) is 4.75. The van der Waals surface area contributed by atoms with Crippen molar-refractivity contribution in [1.82, 2.24) is 9.97 Å². The van der Waals surface area contributed by atoms with Crippen LogP contribution in [0.4, 0.5) is 0 Å². The lowest BCUT2D eigenvalue weighted by molar-refractivity contribution is 1.24. The predicted molar refractivity (Wildman–Crippen MR) is 64.6 cm³/mol. The summed E-state index contributed by atoms with van der Waals surface area (Å²) in [6, 6.07) is 7.74. The molecule has 2 aromatic heterocycles. The van der Waals surface area contributed by atoms with Crippen molar-refractivity contribution in [1.29, 1.82) is 5.26 Å². The molecule has 78 valence electrons. The van der Waals surface area contributed by atoms with Crippen LogP contribution >= 0.6 is 11.3 Å². The highest BCUT2D eigenvalue weighted by Crippen LogP contribution is 2.20. The summed E-state index contributed by atoms with van der Waals surface area (Å²) in [4.78, 5) is 8.43. The second kappa shape index (κ2) is 4.69. The molecule has 0 saturated carbocycles. The molecule has 0 radical (unpaired) electrons. The molecule has 2 rings (SSSR count). The van der Waals surface area contributed by atoms with E-state index < -0.39 is 0 Å². The maximum atomic E-state index is 9.07. The number of aryl methyl sites for hydroxylation is 1. The van der Waals surface area contributed by atoms with Gasteiger partial charge in [0.05, 0.1) is 11.3 Å². The highest BCUT2D eigenvalue weighted by atomic mass is 32.1. The Morgan fingerprint density at radius 2 is 2.38 bits per heavy atom. The van der Waals surface area contributed by atoms with Crippen molar-refractivity contribution in [3.8, 4) is 6.07 Å². The van der Waals surface area contributed by atoms with E-state index in [0.29, 0.717) is 5.57 Å². The topological polar surface area (TPSA) is 49.6 Å². The fraction of sp³-hybridized carbons (Fsp3) is 0.0833. The van der Waals surface area contributed by atoms with Crippen LogP contribution in [0.3, 0.4) is 0 Å². The van der Waals surface area contributed by atoms with Crippen molar-refractivity contribution in [3.63, 3.8) is 0 Å². The normalized spacial score (nSPS) is 11.1. The van der Waals surface area contributed by atoms with Crippen molar-refractivity contribution in [2.45, 2.75) is 6.92 Å². The number of hydrogen-bond donors (Lipinski definition) is 0. The van der Waals surface area contributed by atoms with E-state index in [-0.39, 0.29) is 0 Å². The molecule has 0 bridgehead atoms. The van der Waals surface area contributed by atoms with E-state index in [0.717, 1.165) is 16.4 Å². The fourth-order valence-corrected chi connectivity index (χ4v) is 1.99. The van der Waals surface area contributed by atoms with Crippen molar-refractivity contribution >= 4 is 23.0 Å². The van der Waals surface area contributed by atoms with E-state index in [1.807, 2.05) is 30.5 Å². The lowest BCUT2D eigenvalue weighted by atomic mass is 10.2. The summed E-state index contributed by atoms with van der Waals surface area (Å²) in [7, 11) is 0. The van der Waals surface area contributed by atoms with Crippen LogP contribution in [-0.4, -0.2) is 9.97 Å². The SMILES string of the molecule is Cc1csc(/C(C#N)=C/c2ccccn2)n1. The first kappa shape index (κ1) is 10.5. The summed E-state index contributed by atoms with van der Waals surface area (Å²) in [5, 5.41) is 11.7. The second-order valence-corrected chi connectivity index (χ2v) is 4.08. The standard InChI is InChI=1S/C12H9N3S/c1-9-8-16-12(15-9)10(7-13)6-11-4-2-3-5-14-11/h2-6,8H,1H3/b10-6+. The number of hydrogen-bond acceptors (Lipinski definition) is 4. The van der Waals surface area contributed by atoms with Crippen molar-refractivity contribution in [2.75, 3.05) is 0 Å². The largest absolute Gasteiger partial charge is 0.257 e. The van der Waals surface area contributed by atoms with Gasteiger partial charge in [0.25, 0.3) is 0 Å². The lowest BCUT2D eigenvalue weighted by Crippen LogP contribution is -1.83. The molecule has 0 aliphatic heterocycles.